The molecule has 0 atom stereocenters. The number of aromatic nitrogens is 5. The van der Waals surface area contributed by atoms with Crippen LogP contribution in [0, 0.1) is 0 Å². The highest BCUT2D eigenvalue weighted by Gasteiger charge is 2.15. The molecule has 3 heterocycles. The number of hydrogen-bond acceptors (Lipinski definition) is 7. The SMILES string of the molecule is CCCCOc1ccccc1-c1cc2c(=O)n(Cc3nc(-c4ccc(SC)cc4)no3)ccn2n1. The van der Waals surface area contributed by atoms with Gasteiger partial charge < -0.3 is 13.8 Å². The standard InChI is InChI=1S/C26H25N5O3S/c1-3-4-15-33-23-8-6-5-7-20(23)21-16-22-26(32)30(13-14-31(22)28-21)17-24-27-25(29-34-24)18-9-11-19(35-2)12-10-18/h5-14,16H,3-4,15,17H2,1-2H3. The summed E-state index contributed by atoms with van der Waals surface area (Å²) < 4.78 is 14.5. The third kappa shape index (κ3) is 4.85. The Morgan fingerprint density at radius 2 is 1.91 bits per heavy atom. The van der Waals surface area contributed by atoms with Crippen molar-refractivity contribution in [3.63, 3.8) is 0 Å². The fraction of sp³-hybridized carbons (Fsp3) is 0.231. The lowest BCUT2D eigenvalue weighted by Gasteiger charge is -2.09. The molecule has 178 valence electrons. The third-order valence-electron chi connectivity index (χ3n) is 5.64. The average molecular weight is 488 g/mol. The van der Waals surface area contributed by atoms with Gasteiger partial charge in [0.25, 0.3) is 5.56 Å². The maximum atomic E-state index is 13.2. The van der Waals surface area contributed by atoms with Crippen molar-refractivity contribution in [1.82, 2.24) is 24.3 Å². The van der Waals surface area contributed by atoms with Crippen LogP contribution in [0.2, 0.25) is 0 Å². The van der Waals surface area contributed by atoms with Crippen LogP contribution >= 0.6 is 11.8 Å². The molecule has 0 N–H and O–H groups in total. The summed E-state index contributed by atoms with van der Waals surface area (Å²) in [5, 5.41) is 8.68. The lowest BCUT2D eigenvalue weighted by atomic mass is 10.1. The molecule has 2 aromatic carbocycles. The summed E-state index contributed by atoms with van der Waals surface area (Å²) in [6.07, 6.45) is 7.48. The smallest absolute Gasteiger partial charge is 0.277 e. The molecule has 0 saturated heterocycles. The second kappa shape index (κ2) is 10.2. The zero-order valence-electron chi connectivity index (χ0n) is 19.5. The monoisotopic (exact) mass is 487 g/mol. The summed E-state index contributed by atoms with van der Waals surface area (Å²) in [4.78, 5) is 18.8. The van der Waals surface area contributed by atoms with E-state index < -0.39 is 0 Å². The van der Waals surface area contributed by atoms with Crippen molar-refractivity contribution < 1.29 is 9.26 Å². The maximum absolute atomic E-state index is 13.2. The lowest BCUT2D eigenvalue weighted by molar-refractivity contribution is 0.310. The van der Waals surface area contributed by atoms with E-state index in [0.29, 0.717) is 29.5 Å². The molecule has 0 bridgehead atoms. The predicted molar refractivity (Wildman–Crippen MR) is 136 cm³/mol. The van der Waals surface area contributed by atoms with Gasteiger partial charge in [0.1, 0.15) is 17.8 Å². The highest BCUT2D eigenvalue weighted by atomic mass is 32.2. The molecule has 0 aliphatic rings. The number of nitrogens with zero attached hydrogens (tertiary/aromatic N) is 5. The van der Waals surface area contributed by atoms with Crippen molar-refractivity contribution in [2.45, 2.75) is 31.2 Å². The molecule has 5 aromatic rings. The van der Waals surface area contributed by atoms with Gasteiger partial charge in [0.2, 0.25) is 11.7 Å². The first-order valence-electron chi connectivity index (χ1n) is 11.4. The van der Waals surface area contributed by atoms with E-state index in [1.165, 1.54) is 0 Å². The van der Waals surface area contributed by atoms with Crippen molar-refractivity contribution >= 4 is 17.3 Å². The van der Waals surface area contributed by atoms with Crippen molar-refractivity contribution in [3.05, 3.63) is 83.2 Å². The topological polar surface area (TPSA) is 87.5 Å². The number of thioether (sulfide) groups is 1. The molecule has 0 radical (unpaired) electrons. The van der Waals surface area contributed by atoms with Gasteiger partial charge in [-0.25, -0.2) is 4.52 Å². The van der Waals surface area contributed by atoms with Gasteiger partial charge in [0.15, 0.2) is 0 Å². The third-order valence-corrected chi connectivity index (χ3v) is 6.39. The van der Waals surface area contributed by atoms with Crippen LogP contribution in [-0.4, -0.2) is 37.2 Å². The number of unbranched alkanes of at least 4 members (excludes halogenated alkanes) is 1. The summed E-state index contributed by atoms with van der Waals surface area (Å²) >= 11 is 1.67. The zero-order chi connectivity index (χ0) is 24.2. The van der Waals surface area contributed by atoms with E-state index in [-0.39, 0.29) is 12.1 Å². The van der Waals surface area contributed by atoms with Crippen LogP contribution in [0.3, 0.4) is 0 Å². The van der Waals surface area contributed by atoms with E-state index in [0.717, 1.165) is 34.6 Å². The molecule has 8 nitrogen and oxygen atoms in total. The molecule has 9 heteroatoms. The Balaban J connectivity index is 1.40. The second-order valence-corrected chi connectivity index (χ2v) is 8.91. The molecule has 0 saturated carbocycles. The van der Waals surface area contributed by atoms with E-state index in [2.05, 4.69) is 22.2 Å². The number of fused-ring (bicyclic) bond motifs is 1. The molecule has 0 unspecified atom stereocenters. The molecule has 0 amide bonds. The fourth-order valence-electron chi connectivity index (χ4n) is 3.74. The molecule has 0 spiro atoms. The first-order valence-corrected chi connectivity index (χ1v) is 12.7. The molecule has 0 aliphatic heterocycles. The summed E-state index contributed by atoms with van der Waals surface area (Å²) in [6.45, 7) is 2.93. The quantitative estimate of drug-likeness (QED) is 0.210. The van der Waals surface area contributed by atoms with Gasteiger partial charge in [-0.1, -0.05) is 30.6 Å². The number of benzene rings is 2. The summed E-state index contributed by atoms with van der Waals surface area (Å²) in [5.74, 6) is 1.61. The van der Waals surface area contributed by atoms with Crippen LogP contribution in [0.15, 0.2) is 81.2 Å². The minimum Gasteiger partial charge on any atom is -0.493 e. The Hall–Kier alpha value is -3.85. The molecular formula is C26H25N5O3S. The van der Waals surface area contributed by atoms with E-state index in [1.807, 2.05) is 54.8 Å². The van der Waals surface area contributed by atoms with Crippen LogP contribution in [0.25, 0.3) is 28.2 Å². The van der Waals surface area contributed by atoms with Crippen LogP contribution in [-0.2, 0) is 6.54 Å². The van der Waals surface area contributed by atoms with Crippen molar-refractivity contribution in [2.75, 3.05) is 12.9 Å². The van der Waals surface area contributed by atoms with Crippen molar-refractivity contribution in [2.24, 2.45) is 0 Å². The highest BCUT2D eigenvalue weighted by molar-refractivity contribution is 7.98. The van der Waals surface area contributed by atoms with E-state index in [1.54, 1.807) is 39.3 Å². The molecule has 5 rings (SSSR count). The van der Waals surface area contributed by atoms with Crippen LogP contribution in [0.1, 0.15) is 25.7 Å². The normalized spacial score (nSPS) is 11.3. The molecule has 3 aromatic heterocycles. The Morgan fingerprint density at radius 3 is 2.71 bits per heavy atom. The summed E-state index contributed by atoms with van der Waals surface area (Å²) in [6, 6.07) is 17.5. The van der Waals surface area contributed by atoms with Crippen molar-refractivity contribution in [1.29, 1.82) is 0 Å². The Bertz CT molecular complexity index is 1500. The lowest BCUT2D eigenvalue weighted by Crippen LogP contribution is -2.21. The Morgan fingerprint density at radius 1 is 1.09 bits per heavy atom. The zero-order valence-corrected chi connectivity index (χ0v) is 20.4. The van der Waals surface area contributed by atoms with Gasteiger partial charge in [-0.05, 0) is 55.1 Å². The van der Waals surface area contributed by atoms with Crippen LogP contribution < -0.4 is 10.3 Å². The number of ether oxygens (including phenoxy) is 1. The highest BCUT2D eigenvalue weighted by Crippen LogP contribution is 2.29. The number of para-hydroxylation sites is 1. The van der Waals surface area contributed by atoms with Crippen molar-refractivity contribution in [3.8, 4) is 28.4 Å². The van der Waals surface area contributed by atoms with Crippen LogP contribution in [0.4, 0.5) is 0 Å². The second-order valence-electron chi connectivity index (χ2n) is 8.03. The minimum absolute atomic E-state index is 0.169. The summed E-state index contributed by atoms with van der Waals surface area (Å²) in [7, 11) is 0. The van der Waals surface area contributed by atoms with Gasteiger partial charge in [-0.15, -0.1) is 11.8 Å². The van der Waals surface area contributed by atoms with Gasteiger partial charge >= 0.3 is 0 Å². The maximum Gasteiger partial charge on any atom is 0.277 e. The van der Waals surface area contributed by atoms with Gasteiger partial charge in [0, 0.05) is 28.4 Å². The van der Waals surface area contributed by atoms with Gasteiger partial charge in [0.05, 0.1) is 12.3 Å². The average Bonchev–Trinajstić information content (AvgIpc) is 3.54. The predicted octanol–water partition coefficient (Wildman–Crippen LogP) is 5.16. The molecule has 0 aliphatic carbocycles. The Kier molecular flexibility index (Phi) is 6.67. The van der Waals surface area contributed by atoms with E-state index >= 15 is 0 Å². The van der Waals surface area contributed by atoms with Gasteiger partial charge in [-0.2, -0.15) is 10.1 Å². The van der Waals surface area contributed by atoms with E-state index in [9.17, 15) is 4.79 Å². The molecular weight excluding hydrogens is 462 g/mol. The minimum atomic E-state index is -0.195. The Labute approximate surface area is 206 Å². The van der Waals surface area contributed by atoms with Gasteiger partial charge in [-0.3, -0.25) is 4.79 Å². The summed E-state index contributed by atoms with van der Waals surface area (Å²) in [5.41, 5.74) is 2.66. The first kappa shape index (κ1) is 22.9. The number of rotatable bonds is 9. The van der Waals surface area contributed by atoms with E-state index in [4.69, 9.17) is 9.26 Å². The van der Waals surface area contributed by atoms with Crippen LogP contribution in [0.5, 0.6) is 5.75 Å². The first-order chi connectivity index (χ1) is 17.2. The molecule has 0 fully saturated rings. The fourth-order valence-corrected chi connectivity index (χ4v) is 4.14. The molecule has 35 heavy (non-hydrogen) atoms. The number of hydrogen-bond donors (Lipinski definition) is 0. The largest absolute Gasteiger partial charge is 0.493 e.